The van der Waals surface area contributed by atoms with Gasteiger partial charge in [-0.25, -0.2) is 0 Å². The van der Waals surface area contributed by atoms with E-state index in [1.807, 2.05) is 30.3 Å². The molecule has 0 atom stereocenters. The monoisotopic (exact) mass is 380 g/mol. The molecule has 0 saturated heterocycles. The van der Waals surface area contributed by atoms with Crippen molar-refractivity contribution in [3.8, 4) is 17.2 Å². The summed E-state index contributed by atoms with van der Waals surface area (Å²) in [6.07, 6.45) is 2.00. The maximum absolute atomic E-state index is 12.8. The van der Waals surface area contributed by atoms with Gasteiger partial charge in [-0.05, 0) is 29.3 Å². The van der Waals surface area contributed by atoms with Gasteiger partial charge in [0.1, 0.15) is 0 Å². The summed E-state index contributed by atoms with van der Waals surface area (Å²) in [5.41, 5.74) is 2.72. The molecule has 1 amide bonds. The number of aromatic nitrogens is 1. The predicted octanol–water partition coefficient (Wildman–Crippen LogP) is 3.46. The number of rotatable bonds is 7. The maximum Gasteiger partial charge on any atom is 0.227 e. The van der Waals surface area contributed by atoms with Crippen molar-refractivity contribution in [2.24, 2.45) is 0 Å². The van der Waals surface area contributed by atoms with E-state index in [1.165, 1.54) is 0 Å². The standard InChI is InChI=1S/C22H24N2O4/c1-24(14-17-8-5-7-16-9-6-10-23-21(16)17)20(25)13-15-11-18(26-2)22(28-4)19(12-15)27-3/h5-12H,13-14H2,1-4H3. The van der Waals surface area contributed by atoms with Gasteiger partial charge in [-0.15, -0.1) is 0 Å². The van der Waals surface area contributed by atoms with Crippen molar-refractivity contribution in [1.82, 2.24) is 9.88 Å². The predicted molar refractivity (Wildman–Crippen MR) is 108 cm³/mol. The van der Waals surface area contributed by atoms with Crippen LogP contribution in [0.25, 0.3) is 10.9 Å². The lowest BCUT2D eigenvalue weighted by molar-refractivity contribution is -0.129. The van der Waals surface area contributed by atoms with Crippen LogP contribution in [0.4, 0.5) is 0 Å². The number of nitrogens with zero attached hydrogens (tertiary/aromatic N) is 2. The molecule has 0 aliphatic carbocycles. The molecule has 0 spiro atoms. The molecule has 6 heteroatoms. The van der Waals surface area contributed by atoms with Crippen molar-refractivity contribution in [2.75, 3.05) is 28.4 Å². The van der Waals surface area contributed by atoms with E-state index in [0.717, 1.165) is 22.0 Å². The van der Waals surface area contributed by atoms with Crippen LogP contribution in [0.3, 0.4) is 0 Å². The Hall–Kier alpha value is -3.28. The number of methoxy groups -OCH3 is 3. The number of pyridine rings is 1. The van der Waals surface area contributed by atoms with Crippen molar-refractivity contribution in [1.29, 1.82) is 0 Å². The van der Waals surface area contributed by atoms with Gasteiger partial charge in [0.25, 0.3) is 0 Å². The average molecular weight is 380 g/mol. The van der Waals surface area contributed by atoms with Crippen LogP contribution in [0.15, 0.2) is 48.7 Å². The topological polar surface area (TPSA) is 60.9 Å². The van der Waals surface area contributed by atoms with Crippen molar-refractivity contribution in [3.05, 3.63) is 59.8 Å². The first-order valence-corrected chi connectivity index (χ1v) is 8.92. The number of hydrogen-bond donors (Lipinski definition) is 0. The number of ether oxygens (including phenoxy) is 3. The van der Waals surface area contributed by atoms with E-state index < -0.39 is 0 Å². The molecule has 6 nitrogen and oxygen atoms in total. The van der Waals surface area contributed by atoms with Crippen LogP contribution in [0, 0.1) is 0 Å². The molecule has 0 unspecified atom stereocenters. The molecular formula is C22H24N2O4. The Morgan fingerprint density at radius 3 is 2.32 bits per heavy atom. The van der Waals surface area contributed by atoms with E-state index in [1.54, 1.807) is 51.6 Å². The van der Waals surface area contributed by atoms with Crippen molar-refractivity contribution < 1.29 is 19.0 Å². The molecule has 0 aliphatic heterocycles. The van der Waals surface area contributed by atoms with Crippen LogP contribution in [-0.4, -0.2) is 44.2 Å². The first-order valence-electron chi connectivity index (χ1n) is 8.92. The summed E-state index contributed by atoms with van der Waals surface area (Å²) in [5, 5.41) is 1.06. The SMILES string of the molecule is COc1cc(CC(=O)N(C)Cc2cccc3cccnc23)cc(OC)c1OC. The number of carbonyl (C=O) groups is 1. The second kappa shape index (κ2) is 8.61. The van der Waals surface area contributed by atoms with Gasteiger partial charge >= 0.3 is 0 Å². The summed E-state index contributed by atoms with van der Waals surface area (Å²) in [6.45, 7) is 0.484. The molecule has 1 aromatic heterocycles. The highest BCUT2D eigenvalue weighted by atomic mass is 16.5. The molecule has 3 rings (SSSR count). The Labute approximate surface area is 164 Å². The number of para-hydroxylation sites is 1. The largest absolute Gasteiger partial charge is 0.493 e. The summed E-state index contributed by atoms with van der Waals surface area (Å²) in [7, 11) is 6.46. The Balaban J connectivity index is 1.79. The number of carbonyl (C=O) groups excluding carboxylic acids is 1. The zero-order valence-corrected chi connectivity index (χ0v) is 16.6. The molecular weight excluding hydrogens is 356 g/mol. The van der Waals surface area contributed by atoms with Gasteiger partial charge in [0, 0.05) is 25.2 Å². The lowest BCUT2D eigenvalue weighted by Crippen LogP contribution is -2.27. The number of fused-ring (bicyclic) bond motifs is 1. The van der Waals surface area contributed by atoms with E-state index in [9.17, 15) is 4.79 Å². The van der Waals surface area contributed by atoms with Crippen LogP contribution in [-0.2, 0) is 17.8 Å². The minimum absolute atomic E-state index is 0.0118. The van der Waals surface area contributed by atoms with E-state index in [2.05, 4.69) is 4.98 Å². The van der Waals surface area contributed by atoms with Crippen LogP contribution in [0.1, 0.15) is 11.1 Å². The van der Waals surface area contributed by atoms with Crippen molar-refractivity contribution in [3.63, 3.8) is 0 Å². The number of benzene rings is 2. The number of likely N-dealkylation sites (N-methyl/N-ethyl adjacent to an activating group) is 1. The van der Waals surface area contributed by atoms with Gasteiger partial charge in [0.2, 0.25) is 11.7 Å². The second-order valence-corrected chi connectivity index (χ2v) is 6.45. The van der Waals surface area contributed by atoms with Crippen molar-refractivity contribution >= 4 is 16.8 Å². The molecule has 0 saturated carbocycles. The third-order valence-electron chi connectivity index (χ3n) is 4.63. The normalized spacial score (nSPS) is 10.6. The fourth-order valence-electron chi connectivity index (χ4n) is 3.19. The molecule has 0 fully saturated rings. The zero-order valence-electron chi connectivity index (χ0n) is 16.6. The smallest absolute Gasteiger partial charge is 0.227 e. The summed E-state index contributed by atoms with van der Waals surface area (Å²) in [6, 6.07) is 13.5. The summed E-state index contributed by atoms with van der Waals surface area (Å²) < 4.78 is 16.1. The van der Waals surface area contributed by atoms with Gasteiger partial charge in [-0.1, -0.05) is 24.3 Å². The van der Waals surface area contributed by atoms with Gasteiger partial charge < -0.3 is 19.1 Å². The van der Waals surface area contributed by atoms with Gasteiger partial charge in [0.05, 0.1) is 33.3 Å². The Kier molecular flexibility index (Phi) is 5.99. The van der Waals surface area contributed by atoms with Crippen LogP contribution in [0.2, 0.25) is 0 Å². The maximum atomic E-state index is 12.8. The third kappa shape index (κ3) is 4.01. The summed E-state index contributed by atoms with van der Waals surface area (Å²) in [5.74, 6) is 1.56. The van der Waals surface area contributed by atoms with E-state index in [-0.39, 0.29) is 12.3 Å². The molecule has 28 heavy (non-hydrogen) atoms. The van der Waals surface area contributed by atoms with E-state index in [4.69, 9.17) is 14.2 Å². The second-order valence-electron chi connectivity index (χ2n) is 6.45. The quantitative estimate of drug-likeness (QED) is 0.628. The lowest BCUT2D eigenvalue weighted by Gasteiger charge is -2.19. The van der Waals surface area contributed by atoms with Gasteiger partial charge in [-0.3, -0.25) is 9.78 Å². The molecule has 2 aromatic carbocycles. The van der Waals surface area contributed by atoms with Gasteiger partial charge in [0.15, 0.2) is 11.5 Å². The molecule has 0 N–H and O–H groups in total. The molecule has 146 valence electrons. The molecule has 3 aromatic rings. The lowest BCUT2D eigenvalue weighted by atomic mass is 10.1. The van der Waals surface area contributed by atoms with E-state index in [0.29, 0.717) is 23.8 Å². The highest BCUT2D eigenvalue weighted by Gasteiger charge is 2.17. The summed E-state index contributed by atoms with van der Waals surface area (Å²) in [4.78, 5) is 19.0. The fourth-order valence-corrected chi connectivity index (χ4v) is 3.19. The van der Waals surface area contributed by atoms with Crippen LogP contribution in [0.5, 0.6) is 17.2 Å². The Morgan fingerprint density at radius 2 is 1.68 bits per heavy atom. The number of amides is 1. The summed E-state index contributed by atoms with van der Waals surface area (Å²) >= 11 is 0. The molecule has 0 aliphatic rings. The average Bonchev–Trinajstić information content (AvgIpc) is 2.73. The highest BCUT2D eigenvalue weighted by molar-refractivity contribution is 5.83. The van der Waals surface area contributed by atoms with Crippen LogP contribution >= 0.6 is 0 Å². The molecule has 1 heterocycles. The van der Waals surface area contributed by atoms with Crippen LogP contribution < -0.4 is 14.2 Å². The minimum Gasteiger partial charge on any atom is -0.493 e. The van der Waals surface area contributed by atoms with Gasteiger partial charge in [-0.2, -0.15) is 0 Å². The number of hydrogen-bond acceptors (Lipinski definition) is 5. The highest BCUT2D eigenvalue weighted by Crippen LogP contribution is 2.38. The zero-order chi connectivity index (χ0) is 20.1. The minimum atomic E-state index is -0.0118. The molecule has 0 radical (unpaired) electrons. The Morgan fingerprint density at radius 1 is 1.00 bits per heavy atom. The first-order chi connectivity index (χ1) is 13.6. The molecule has 0 bridgehead atoms. The van der Waals surface area contributed by atoms with E-state index >= 15 is 0 Å². The third-order valence-corrected chi connectivity index (χ3v) is 4.63. The Bertz CT molecular complexity index is 957. The first kappa shape index (κ1) is 19.5. The fraction of sp³-hybridized carbons (Fsp3) is 0.273. The van der Waals surface area contributed by atoms with Crippen molar-refractivity contribution in [2.45, 2.75) is 13.0 Å².